The van der Waals surface area contributed by atoms with Crippen LogP contribution in [0.25, 0.3) is 22.6 Å². The van der Waals surface area contributed by atoms with Crippen LogP contribution in [0.2, 0.25) is 0 Å². The molecule has 0 saturated carbocycles. The standard InChI is InChI=1S/C18H11N5/c19-11-15(12-20)17-16(13-7-3-1-4-8-13)21-18(23-22-17)14-9-5-2-6-10-14/h1-10,15H. The molecular formula is C18H11N5. The lowest BCUT2D eigenvalue weighted by Gasteiger charge is -2.09. The minimum Gasteiger partial charge on any atom is -0.224 e. The Morgan fingerprint density at radius 1 is 0.739 bits per heavy atom. The molecule has 0 amide bonds. The van der Waals surface area contributed by atoms with Gasteiger partial charge in [0.25, 0.3) is 0 Å². The number of nitriles is 2. The van der Waals surface area contributed by atoms with Crippen LogP contribution in [0.5, 0.6) is 0 Å². The van der Waals surface area contributed by atoms with E-state index in [-0.39, 0.29) is 5.69 Å². The average molecular weight is 297 g/mol. The van der Waals surface area contributed by atoms with Gasteiger partial charge in [-0.1, -0.05) is 60.7 Å². The van der Waals surface area contributed by atoms with E-state index in [1.54, 1.807) is 0 Å². The van der Waals surface area contributed by atoms with Gasteiger partial charge in [0.2, 0.25) is 0 Å². The molecule has 0 fully saturated rings. The Balaban J connectivity index is 2.20. The van der Waals surface area contributed by atoms with Gasteiger partial charge in [0, 0.05) is 11.1 Å². The maximum atomic E-state index is 9.17. The Bertz CT molecular complexity index is 878. The number of hydrogen-bond acceptors (Lipinski definition) is 5. The molecule has 108 valence electrons. The summed E-state index contributed by atoms with van der Waals surface area (Å²) in [4.78, 5) is 4.55. The minimum absolute atomic E-state index is 0.279. The molecule has 0 radical (unpaired) electrons. The van der Waals surface area contributed by atoms with E-state index in [0.717, 1.165) is 11.1 Å². The van der Waals surface area contributed by atoms with Crippen molar-refractivity contribution in [2.75, 3.05) is 0 Å². The molecule has 3 aromatic rings. The normalized spacial score (nSPS) is 10.0. The third kappa shape index (κ3) is 2.90. The van der Waals surface area contributed by atoms with E-state index >= 15 is 0 Å². The molecule has 0 aliphatic rings. The molecule has 1 heterocycles. The van der Waals surface area contributed by atoms with Crippen LogP contribution >= 0.6 is 0 Å². The Morgan fingerprint density at radius 2 is 1.30 bits per heavy atom. The molecular weight excluding hydrogens is 286 g/mol. The van der Waals surface area contributed by atoms with E-state index in [1.807, 2.05) is 72.8 Å². The lowest BCUT2D eigenvalue weighted by molar-refractivity contribution is 0.882. The SMILES string of the molecule is N#CC(C#N)c1nnc(-c2ccccc2)nc1-c1ccccc1. The van der Waals surface area contributed by atoms with Gasteiger partial charge in [0.05, 0.1) is 17.8 Å². The second-order valence-corrected chi connectivity index (χ2v) is 4.79. The number of aromatic nitrogens is 3. The van der Waals surface area contributed by atoms with Crippen LogP contribution in [0, 0.1) is 22.7 Å². The van der Waals surface area contributed by atoms with Crippen molar-refractivity contribution in [1.82, 2.24) is 15.2 Å². The molecule has 0 N–H and O–H groups in total. The summed E-state index contributed by atoms with van der Waals surface area (Å²) >= 11 is 0. The maximum Gasteiger partial charge on any atom is 0.182 e. The summed E-state index contributed by atoms with van der Waals surface area (Å²) in [5.74, 6) is -0.544. The van der Waals surface area contributed by atoms with E-state index in [4.69, 9.17) is 10.5 Å². The van der Waals surface area contributed by atoms with Gasteiger partial charge in [0.15, 0.2) is 11.7 Å². The van der Waals surface area contributed by atoms with Gasteiger partial charge in [-0.3, -0.25) is 0 Å². The van der Waals surface area contributed by atoms with E-state index in [2.05, 4.69) is 15.2 Å². The first-order valence-corrected chi connectivity index (χ1v) is 6.98. The zero-order chi connectivity index (χ0) is 16.1. The second kappa shape index (κ2) is 6.46. The summed E-state index contributed by atoms with van der Waals surface area (Å²) in [7, 11) is 0. The fourth-order valence-electron chi connectivity index (χ4n) is 2.20. The summed E-state index contributed by atoms with van der Waals surface area (Å²) < 4.78 is 0. The molecule has 5 heteroatoms. The predicted molar refractivity (Wildman–Crippen MR) is 84.7 cm³/mol. The predicted octanol–water partition coefficient (Wildman–Crippen LogP) is 3.34. The number of rotatable bonds is 3. The molecule has 5 nitrogen and oxygen atoms in total. The van der Waals surface area contributed by atoms with E-state index < -0.39 is 5.92 Å². The van der Waals surface area contributed by atoms with Gasteiger partial charge in [-0.2, -0.15) is 10.5 Å². The lowest BCUT2D eigenvalue weighted by Crippen LogP contribution is -2.06. The highest BCUT2D eigenvalue weighted by molar-refractivity contribution is 5.66. The largest absolute Gasteiger partial charge is 0.224 e. The summed E-state index contributed by atoms with van der Waals surface area (Å²) in [5, 5.41) is 26.5. The molecule has 23 heavy (non-hydrogen) atoms. The molecule has 0 spiro atoms. The topological polar surface area (TPSA) is 86.2 Å². The molecule has 0 aliphatic carbocycles. The summed E-state index contributed by atoms with van der Waals surface area (Å²) in [6.07, 6.45) is 0. The molecule has 0 atom stereocenters. The van der Waals surface area contributed by atoms with Crippen molar-refractivity contribution in [2.45, 2.75) is 5.92 Å². The van der Waals surface area contributed by atoms with Crippen LogP contribution in [0.1, 0.15) is 11.6 Å². The first kappa shape index (κ1) is 14.4. The molecule has 1 aromatic heterocycles. The highest BCUT2D eigenvalue weighted by atomic mass is 15.2. The zero-order valence-corrected chi connectivity index (χ0v) is 12.1. The fourth-order valence-corrected chi connectivity index (χ4v) is 2.20. The monoisotopic (exact) mass is 297 g/mol. The summed E-state index contributed by atoms with van der Waals surface area (Å²) in [5.41, 5.74) is 2.41. The van der Waals surface area contributed by atoms with E-state index in [9.17, 15) is 0 Å². The zero-order valence-electron chi connectivity index (χ0n) is 12.1. The van der Waals surface area contributed by atoms with Gasteiger partial charge in [-0.25, -0.2) is 4.98 Å². The van der Waals surface area contributed by atoms with Gasteiger partial charge in [-0.15, -0.1) is 10.2 Å². The number of nitrogens with zero attached hydrogens (tertiary/aromatic N) is 5. The van der Waals surface area contributed by atoms with E-state index in [0.29, 0.717) is 11.5 Å². The Hall–Kier alpha value is -3.57. The highest BCUT2D eigenvalue weighted by Gasteiger charge is 2.20. The van der Waals surface area contributed by atoms with Crippen LogP contribution in [-0.2, 0) is 0 Å². The molecule has 0 bridgehead atoms. The van der Waals surface area contributed by atoms with Crippen LogP contribution in [0.15, 0.2) is 60.7 Å². The first-order chi connectivity index (χ1) is 11.3. The van der Waals surface area contributed by atoms with Crippen molar-refractivity contribution in [3.05, 3.63) is 66.4 Å². The Kier molecular flexibility index (Phi) is 4.04. The quantitative estimate of drug-likeness (QED) is 0.740. The van der Waals surface area contributed by atoms with Crippen LogP contribution in [0.4, 0.5) is 0 Å². The fraction of sp³-hybridized carbons (Fsp3) is 0.0556. The average Bonchev–Trinajstić information content (AvgIpc) is 2.64. The second-order valence-electron chi connectivity index (χ2n) is 4.79. The molecule has 0 saturated heterocycles. The highest BCUT2D eigenvalue weighted by Crippen LogP contribution is 2.27. The molecule has 3 rings (SSSR count). The van der Waals surface area contributed by atoms with Crippen molar-refractivity contribution >= 4 is 0 Å². The van der Waals surface area contributed by atoms with Crippen molar-refractivity contribution in [1.29, 1.82) is 10.5 Å². The van der Waals surface area contributed by atoms with Crippen LogP contribution in [0.3, 0.4) is 0 Å². The van der Waals surface area contributed by atoms with E-state index in [1.165, 1.54) is 0 Å². The van der Waals surface area contributed by atoms with Crippen molar-refractivity contribution in [3.63, 3.8) is 0 Å². The van der Waals surface area contributed by atoms with Gasteiger partial charge >= 0.3 is 0 Å². The van der Waals surface area contributed by atoms with Gasteiger partial charge < -0.3 is 0 Å². The maximum absolute atomic E-state index is 9.17. The number of hydrogen-bond donors (Lipinski definition) is 0. The minimum atomic E-state index is -1.00. The molecule has 2 aromatic carbocycles. The summed E-state index contributed by atoms with van der Waals surface area (Å²) in [6, 6.07) is 22.7. The lowest BCUT2D eigenvalue weighted by atomic mass is 10.0. The first-order valence-electron chi connectivity index (χ1n) is 6.98. The van der Waals surface area contributed by atoms with Crippen LogP contribution in [-0.4, -0.2) is 15.2 Å². The van der Waals surface area contributed by atoms with Crippen molar-refractivity contribution < 1.29 is 0 Å². The smallest absolute Gasteiger partial charge is 0.182 e. The molecule has 0 aliphatic heterocycles. The third-order valence-electron chi connectivity index (χ3n) is 3.32. The Morgan fingerprint density at radius 3 is 1.87 bits per heavy atom. The summed E-state index contributed by atoms with van der Waals surface area (Å²) in [6.45, 7) is 0. The number of benzene rings is 2. The molecule has 0 unspecified atom stereocenters. The van der Waals surface area contributed by atoms with Crippen LogP contribution < -0.4 is 0 Å². The van der Waals surface area contributed by atoms with Crippen molar-refractivity contribution in [3.8, 4) is 34.8 Å². The Labute approximate surface area is 133 Å². The van der Waals surface area contributed by atoms with Crippen molar-refractivity contribution in [2.24, 2.45) is 0 Å². The van der Waals surface area contributed by atoms with Gasteiger partial charge in [-0.05, 0) is 0 Å². The van der Waals surface area contributed by atoms with Gasteiger partial charge in [0.1, 0.15) is 5.69 Å². The third-order valence-corrected chi connectivity index (χ3v) is 3.32.